The van der Waals surface area contributed by atoms with Crippen molar-refractivity contribution < 1.29 is 8.42 Å². The van der Waals surface area contributed by atoms with Gasteiger partial charge in [0.05, 0.1) is 4.90 Å². The van der Waals surface area contributed by atoms with Crippen molar-refractivity contribution in [2.45, 2.75) is 56.5 Å². The SMILES string of the molecule is CCNC(C)C(C)c1ccccc1S(=O)(=O)NC1CC1. The predicted octanol–water partition coefficient (Wildman–Crippen LogP) is 2.23. The minimum Gasteiger partial charge on any atom is -0.314 e. The average Bonchev–Trinajstić information content (AvgIpc) is 3.21. The van der Waals surface area contributed by atoms with Crippen LogP contribution in [0.3, 0.4) is 0 Å². The second-order valence-electron chi connectivity index (χ2n) is 5.57. The van der Waals surface area contributed by atoms with E-state index in [1.165, 1.54) is 0 Å². The highest BCUT2D eigenvalue weighted by atomic mass is 32.2. The van der Waals surface area contributed by atoms with Gasteiger partial charge in [0.15, 0.2) is 0 Å². The Labute approximate surface area is 122 Å². The molecule has 0 amide bonds. The van der Waals surface area contributed by atoms with Crippen LogP contribution >= 0.6 is 0 Å². The van der Waals surface area contributed by atoms with Gasteiger partial charge in [-0.15, -0.1) is 0 Å². The number of sulfonamides is 1. The van der Waals surface area contributed by atoms with Gasteiger partial charge in [0, 0.05) is 12.1 Å². The topological polar surface area (TPSA) is 58.2 Å². The van der Waals surface area contributed by atoms with E-state index in [9.17, 15) is 8.42 Å². The van der Waals surface area contributed by atoms with E-state index >= 15 is 0 Å². The van der Waals surface area contributed by atoms with Crippen LogP contribution in [-0.2, 0) is 10.0 Å². The first-order valence-electron chi connectivity index (χ1n) is 7.30. The van der Waals surface area contributed by atoms with Crippen LogP contribution in [0, 0.1) is 0 Å². The van der Waals surface area contributed by atoms with Crippen molar-refractivity contribution in [1.29, 1.82) is 0 Å². The molecule has 0 bridgehead atoms. The van der Waals surface area contributed by atoms with Crippen molar-refractivity contribution in [3.8, 4) is 0 Å². The van der Waals surface area contributed by atoms with Gasteiger partial charge >= 0.3 is 0 Å². The van der Waals surface area contributed by atoms with Crippen molar-refractivity contribution in [3.05, 3.63) is 29.8 Å². The normalized spacial score (nSPS) is 18.8. The maximum atomic E-state index is 12.5. The lowest BCUT2D eigenvalue weighted by Gasteiger charge is -2.23. The Kier molecular flexibility index (Phi) is 4.83. The van der Waals surface area contributed by atoms with Crippen molar-refractivity contribution in [3.63, 3.8) is 0 Å². The van der Waals surface area contributed by atoms with Gasteiger partial charge < -0.3 is 5.32 Å². The molecular formula is C15H24N2O2S. The number of likely N-dealkylation sites (N-methyl/N-ethyl adjacent to an activating group) is 1. The molecule has 2 rings (SSSR count). The first-order valence-corrected chi connectivity index (χ1v) is 8.78. The molecule has 2 atom stereocenters. The minimum absolute atomic E-state index is 0.134. The van der Waals surface area contributed by atoms with Crippen LogP contribution in [-0.4, -0.2) is 27.0 Å². The quantitative estimate of drug-likeness (QED) is 0.811. The molecule has 0 spiro atoms. The fraction of sp³-hybridized carbons (Fsp3) is 0.600. The molecule has 112 valence electrons. The van der Waals surface area contributed by atoms with E-state index in [-0.39, 0.29) is 18.0 Å². The van der Waals surface area contributed by atoms with E-state index in [1.807, 2.05) is 12.1 Å². The molecule has 4 nitrogen and oxygen atoms in total. The lowest BCUT2D eigenvalue weighted by molar-refractivity contribution is 0.488. The largest absolute Gasteiger partial charge is 0.314 e. The minimum atomic E-state index is -3.40. The molecule has 2 N–H and O–H groups in total. The maximum Gasteiger partial charge on any atom is 0.241 e. The second kappa shape index (κ2) is 6.24. The van der Waals surface area contributed by atoms with Gasteiger partial charge in [0.1, 0.15) is 0 Å². The zero-order chi connectivity index (χ0) is 14.8. The molecular weight excluding hydrogens is 272 g/mol. The summed E-state index contributed by atoms with van der Waals surface area (Å²) in [5.41, 5.74) is 0.883. The average molecular weight is 296 g/mol. The third-order valence-corrected chi connectivity index (χ3v) is 5.47. The molecule has 1 aliphatic carbocycles. The van der Waals surface area contributed by atoms with E-state index in [0.29, 0.717) is 4.90 Å². The summed E-state index contributed by atoms with van der Waals surface area (Å²) in [6.07, 6.45) is 1.90. The summed E-state index contributed by atoms with van der Waals surface area (Å²) in [6, 6.07) is 7.68. The predicted molar refractivity (Wildman–Crippen MR) is 81.3 cm³/mol. The maximum absolute atomic E-state index is 12.5. The molecule has 1 aromatic rings. The fourth-order valence-corrected chi connectivity index (χ4v) is 3.98. The molecule has 1 aliphatic rings. The molecule has 0 radical (unpaired) electrons. The molecule has 5 heteroatoms. The van der Waals surface area contributed by atoms with Gasteiger partial charge in [-0.1, -0.05) is 32.0 Å². The van der Waals surface area contributed by atoms with E-state index in [4.69, 9.17) is 0 Å². The van der Waals surface area contributed by atoms with Gasteiger partial charge in [-0.2, -0.15) is 0 Å². The molecule has 20 heavy (non-hydrogen) atoms. The molecule has 1 aromatic carbocycles. The lowest BCUT2D eigenvalue weighted by Crippen LogP contribution is -2.32. The van der Waals surface area contributed by atoms with Crippen LogP contribution in [0.4, 0.5) is 0 Å². The summed E-state index contributed by atoms with van der Waals surface area (Å²) in [5, 5.41) is 3.36. The van der Waals surface area contributed by atoms with E-state index in [2.05, 4.69) is 30.8 Å². The highest BCUT2D eigenvalue weighted by Gasteiger charge is 2.30. The van der Waals surface area contributed by atoms with Crippen molar-refractivity contribution in [2.24, 2.45) is 0 Å². The zero-order valence-corrected chi connectivity index (χ0v) is 13.2. The molecule has 0 aromatic heterocycles. The number of hydrogen-bond donors (Lipinski definition) is 2. The highest BCUT2D eigenvalue weighted by molar-refractivity contribution is 7.89. The van der Waals surface area contributed by atoms with Gasteiger partial charge in [0.25, 0.3) is 0 Å². The Hall–Kier alpha value is -0.910. The molecule has 0 saturated heterocycles. The molecule has 2 unspecified atom stereocenters. The summed E-state index contributed by atoms with van der Waals surface area (Å²) in [7, 11) is -3.40. The van der Waals surface area contributed by atoms with Gasteiger partial charge in [-0.25, -0.2) is 13.1 Å². The van der Waals surface area contributed by atoms with E-state index in [0.717, 1.165) is 24.9 Å². The number of nitrogens with one attached hydrogen (secondary N) is 2. The Morgan fingerprint density at radius 2 is 1.90 bits per heavy atom. The molecule has 0 aliphatic heterocycles. The first-order chi connectivity index (χ1) is 9.45. The Morgan fingerprint density at radius 3 is 2.50 bits per heavy atom. The van der Waals surface area contributed by atoms with Crippen molar-refractivity contribution in [2.75, 3.05) is 6.54 Å². The van der Waals surface area contributed by atoms with Crippen molar-refractivity contribution in [1.82, 2.24) is 10.0 Å². The van der Waals surface area contributed by atoms with Crippen molar-refractivity contribution >= 4 is 10.0 Å². The number of benzene rings is 1. The van der Waals surface area contributed by atoms with Crippen LogP contribution in [0.5, 0.6) is 0 Å². The first kappa shape index (κ1) is 15.5. The summed E-state index contributed by atoms with van der Waals surface area (Å²) >= 11 is 0. The summed E-state index contributed by atoms with van der Waals surface area (Å²) in [5.74, 6) is 0.141. The van der Waals surface area contributed by atoms with E-state index < -0.39 is 10.0 Å². The Bertz CT molecular complexity index is 553. The van der Waals surface area contributed by atoms with Gasteiger partial charge in [0.2, 0.25) is 10.0 Å². The van der Waals surface area contributed by atoms with Gasteiger partial charge in [-0.3, -0.25) is 0 Å². The fourth-order valence-electron chi connectivity index (χ4n) is 2.35. The third kappa shape index (κ3) is 3.59. The van der Waals surface area contributed by atoms with E-state index in [1.54, 1.807) is 12.1 Å². The molecule has 1 saturated carbocycles. The van der Waals surface area contributed by atoms with Crippen LogP contribution in [0.2, 0.25) is 0 Å². The number of hydrogen-bond acceptors (Lipinski definition) is 3. The number of rotatable bonds is 7. The van der Waals surface area contributed by atoms with Crippen LogP contribution in [0.15, 0.2) is 29.2 Å². The summed E-state index contributed by atoms with van der Waals surface area (Å²) in [6.45, 7) is 7.09. The standard InChI is InChI=1S/C15H24N2O2S/c1-4-16-12(3)11(2)14-7-5-6-8-15(14)20(18,19)17-13-9-10-13/h5-8,11-13,16-17H,4,9-10H2,1-3H3. The molecule has 1 fully saturated rings. The third-order valence-electron chi connectivity index (χ3n) is 3.87. The molecule has 0 heterocycles. The summed E-state index contributed by atoms with van der Waals surface area (Å²) in [4.78, 5) is 0.421. The Morgan fingerprint density at radius 1 is 1.25 bits per heavy atom. The Balaban J connectivity index is 2.29. The zero-order valence-electron chi connectivity index (χ0n) is 12.4. The lowest BCUT2D eigenvalue weighted by atomic mass is 9.94. The monoisotopic (exact) mass is 296 g/mol. The van der Waals surface area contributed by atoms with Crippen LogP contribution in [0.1, 0.15) is 45.1 Å². The summed E-state index contributed by atoms with van der Waals surface area (Å²) < 4.78 is 27.7. The highest BCUT2D eigenvalue weighted by Crippen LogP contribution is 2.28. The smallest absolute Gasteiger partial charge is 0.241 e. The van der Waals surface area contributed by atoms with Crippen LogP contribution < -0.4 is 10.0 Å². The second-order valence-corrected chi connectivity index (χ2v) is 7.25. The van der Waals surface area contributed by atoms with Gasteiger partial charge in [-0.05, 0) is 43.9 Å². The van der Waals surface area contributed by atoms with Crippen LogP contribution in [0.25, 0.3) is 0 Å².